The predicted octanol–water partition coefficient (Wildman–Crippen LogP) is 0.644. The van der Waals surface area contributed by atoms with Crippen LogP contribution in [0.3, 0.4) is 0 Å². The zero-order chi connectivity index (χ0) is 11.7. The molecule has 0 aliphatic heterocycles. The normalized spacial score (nSPS) is 12.8. The van der Waals surface area contributed by atoms with E-state index in [1.807, 2.05) is 6.92 Å². The number of anilines is 1. The van der Waals surface area contributed by atoms with Crippen LogP contribution < -0.4 is 5.32 Å². The molecule has 0 aliphatic rings. The van der Waals surface area contributed by atoms with E-state index in [2.05, 4.69) is 40.4 Å². The highest BCUT2D eigenvalue weighted by molar-refractivity contribution is 5.82. The highest BCUT2D eigenvalue weighted by Crippen LogP contribution is 2.19. The Morgan fingerprint density at radius 2 is 2.12 bits per heavy atom. The molecule has 1 atom stereocenters. The smallest absolute Gasteiger partial charge is 0.182 e. The SMILES string of the molecule is CC(Nc1ncnc2nc[nH]c12)c1ncn[nH]1. The molecule has 86 valence electrons. The van der Waals surface area contributed by atoms with Crippen molar-refractivity contribution in [2.45, 2.75) is 13.0 Å². The highest BCUT2D eigenvalue weighted by atomic mass is 15.2. The molecule has 3 N–H and O–H groups in total. The summed E-state index contributed by atoms with van der Waals surface area (Å²) >= 11 is 0. The molecule has 1 unspecified atom stereocenters. The first-order chi connectivity index (χ1) is 8.34. The van der Waals surface area contributed by atoms with Crippen molar-refractivity contribution >= 4 is 17.0 Å². The van der Waals surface area contributed by atoms with E-state index in [1.54, 1.807) is 6.33 Å². The van der Waals surface area contributed by atoms with Gasteiger partial charge in [-0.15, -0.1) is 0 Å². The second-order valence-electron chi connectivity index (χ2n) is 3.56. The lowest BCUT2D eigenvalue weighted by Gasteiger charge is -2.11. The van der Waals surface area contributed by atoms with Crippen LogP contribution in [0.5, 0.6) is 0 Å². The van der Waals surface area contributed by atoms with Crippen LogP contribution in [0.2, 0.25) is 0 Å². The number of hydrogen-bond donors (Lipinski definition) is 3. The Labute approximate surface area is 95.9 Å². The van der Waals surface area contributed by atoms with Gasteiger partial charge in [-0.25, -0.2) is 19.9 Å². The zero-order valence-electron chi connectivity index (χ0n) is 9.05. The fraction of sp³-hybridized carbons (Fsp3) is 0.222. The number of aromatic amines is 2. The average molecular weight is 230 g/mol. The highest BCUT2D eigenvalue weighted by Gasteiger charge is 2.12. The zero-order valence-corrected chi connectivity index (χ0v) is 9.05. The van der Waals surface area contributed by atoms with Crippen LogP contribution in [0.4, 0.5) is 5.82 Å². The standard InChI is InChI=1S/C9H10N8/c1-5(7-14-4-15-17-7)16-9-6-8(11-2-10-6)12-3-13-9/h2-5H,1H3,(H,14,15,17)(H2,10,11,12,13,16). The molecule has 3 rings (SSSR count). The minimum atomic E-state index is -0.0288. The van der Waals surface area contributed by atoms with E-state index in [-0.39, 0.29) is 6.04 Å². The first kappa shape index (κ1) is 9.70. The molecule has 0 fully saturated rings. The average Bonchev–Trinajstić information content (AvgIpc) is 3.00. The molecule has 0 amide bonds. The number of hydrogen-bond acceptors (Lipinski definition) is 6. The lowest BCUT2D eigenvalue weighted by Crippen LogP contribution is -2.10. The van der Waals surface area contributed by atoms with Crippen LogP contribution in [0, 0.1) is 0 Å². The first-order valence-electron chi connectivity index (χ1n) is 5.10. The number of fused-ring (bicyclic) bond motifs is 1. The number of aromatic nitrogens is 7. The second-order valence-corrected chi connectivity index (χ2v) is 3.56. The largest absolute Gasteiger partial charge is 0.358 e. The minimum Gasteiger partial charge on any atom is -0.358 e. The van der Waals surface area contributed by atoms with Crippen LogP contribution in [-0.2, 0) is 0 Å². The van der Waals surface area contributed by atoms with Gasteiger partial charge in [0, 0.05) is 0 Å². The molecule has 8 heteroatoms. The molecule has 0 aliphatic carbocycles. The van der Waals surface area contributed by atoms with E-state index in [4.69, 9.17) is 0 Å². The Morgan fingerprint density at radius 3 is 2.94 bits per heavy atom. The minimum absolute atomic E-state index is 0.0288. The van der Waals surface area contributed by atoms with E-state index in [1.165, 1.54) is 12.7 Å². The van der Waals surface area contributed by atoms with Gasteiger partial charge in [-0.2, -0.15) is 5.10 Å². The first-order valence-corrected chi connectivity index (χ1v) is 5.10. The summed E-state index contributed by atoms with van der Waals surface area (Å²) in [6.45, 7) is 1.96. The van der Waals surface area contributed by atoms with Crippen molar-refractivity contribution in [3.8, 4) is 0 Å². The van der Waals surface area contributed by atoms with Crippen LogP contribution in [0.15, 0.2) is 19.0 Å². The Hall–Kier alpha value is -2.51. The van der Waals surface area contributed by atoms with Crippen LogP contribution in [-0.4, -0.2) is 35.1 Å². The maximum atomic E-state index is 4.17. The molecule has 3 aromatic heterocycles. The van der Waals surface area contributed by atoms with Crippen molar-refractivity contribution in [1.82, 2.24) is 35.1 Å². The van der Waals surface area contributed by atoms with Gasteiger partial charge in [0.25, 0.3) is 0 Å². The summed E-state index contributed by atoms with van der Waals surface area (Å²) in [7, 11) is 0. The molecule has 0 saturated heterocycles. The number of H-pyrrole nitrogens is 2. The fourth-order valence-electron chi connectivity index (χ4n) is 1.57. The van der Waals surface area contributed by atoms with Crippen molar-refractivity contribution in [1.29, 1.82) is 0 Å². The van der Waals surface area contributed by atoms with Crippen molar-refractivity contribution in [2.24, 2.45) is 0 Å². The molecular weight excluding hydrogens is 220 g/mol. The monoisotopic (exact) mass is 230 g/mol. The third-order valence-electron chi connectivity index (χ3n) is 2.42. The molecular formula is C9H10N8. The molecule has 8 nitrogen and oxygen atoms in total. The summed E-state index contributed by atoms with van der Waals surface area (Å²) in [6, 6.07) is -0.0288. The topological polar surface area (TPSA) is 108 Å². The molecule has 3 heterocycles. The lowest BCUT2D eigenvalue weighted by atomic mass is 10.3. The van der Waals surface area contributed by atoms with Gasteiger partial charge in [0.2, 0.25) is 0 Å². The van der Waals surface area contributed by atoms with Gasteiger partial charge in [0.1, 0.15) is 24.0 Å². The maximum absolute atomic E-state index is 4.17. The van der Waals surface area contributed by atoms with Gasteiger partial charge in [-0.3, -0.25) is 5.10 Å². The van der Waals surface area contributed by atoms with Crippen molar-refractivity contribution in [3.05, 3.63) is 24.8 Å². The van der Waals surface area contributed by atoms with Gasteiger partial charge < -0.3 is 10.3 Å². The van der Waals surface area contributed by atoms with Crippen molar-refractivity contribution in [2.75, 3.05) is 5.32 Å². The fourth-order valence-corrected chi connectivity index (χ4v) is 1.57. The van der Waals surface area contributed by atoms with E-state index >= 15 is 0 Å². The molecule has 0 radical (unpaired) electrons. The van der Waals surface area contributed by atoms with Crippen molar-refractivity contribution < 1.29 is 0 Å². The van der Waals surface area contributed by atoms with Gasteiger partial charge in [0.05, 0.1) is 12.4 Å². The summed E-state index contributed by atoms with van der Waals surface area (Å²) in [5.74, 6) is 1.44. The van der Waals surface area contributed by atoms with E-state index in [9.17, 15) is 0 Å². The summed E-state index contributed by atoms with van der Waals surface area (Å²) in [5, 5.41) is 9.83. The van der Waals surface area contributed by atoms with E-state index in [0.717, 1.165) is 11.3 Å². The quantitative estimate of drug-likeness (QED) is 0.609. The Balaban J connectivity index is 1.92. The number of rotatable bonds is 3. The Morgan fingerprint density at radius 1 is 1.18 bits per heavy atom. The number of nitrogens with one attached hydrogen (secondary N) is 3. The molecule has 0 aromatic carbocycles. The maximum Gasteiger partial charge on any atom is 0.182 e. The predicted molar refractivity (Wildman–Crippen MR) is 60.1 cm³/mol. The Bertz CT molecular complexity index is 613. The molecule has 17 heavy (non-hydrogen) atoms. The molecule has 0 bridgehead atoms. The molecule has 3 aromatic rings. The summed E-state index contributed by atoms with van der Waals surface area (Å²) in [6.07, 6.45) is 4.53. The summed E-state index contributed by atoms with van der Waals surface area (Å²) in [5.41, 5.74) is 1.41. The summed E-state index contributed by atoms with van der Waals surface area (Å²) in [4.78, 5) is 19.4. The van der Waals surface area contributed by atoms with Crippen LogP contribution in [0.1, 0.15) is 18.8 Å². The number of imidazole rings is 1. The van der Waals surface area contributed by atoms with Gasteiger partial charge >= 0.3 is 0 Å². The molecule has 0 saturated carbocycles. The third kappa shape index (κ3) is 1.69. The molecule has 0 spiro atoms. The summed E-state index contributed by atoms with van der Waals surface area (Å²) < 4.78 is 0. The van der Waals surface area contributed by atoms with Crippen LogP contribution >= 0.6 is 0 Å². The second kappa shape index (κ2) is 3.81. The van der Waals surface area contributed by atoms with Gasteiger partial charge in [0.15, 0.2) is 11.5 Å². The van der Waals surface area contributed by atoms with Gasteiger partial charge in [-0.1, -0.05) is 0 Å². The van der Waals surface area contributed by atoms with Crippen molar-refractivity contribution in [3.63, 3.8) is 0 Å². The van der Waals surface area contributed by atoms with E-state index in [0.29, 0.717) is 11.5 Å². The third-order valence-corrected chi connectivity index (χ3v) is 2.42. The van der Waals surface area contributed by atoms with Gasteiger partial charge in [-0.05, 0) is 6.92 Å². The van der Waals surface area contributed by atoms with Crippen LogP contribution in [0.25, 0.3) is 11.2 Å². The van der Waals surface area contributed by atoms with E-state index < -0.39 is 0 Å². The lowest BCUT2D eigenvalue weighted by molar-refractivity contribution is 0.791. The Kier molecular flexibility index (Phi) is 2.18. The number of nitrogens with zero attached hydrogens (tertiary/aromatic N) is 5.